The van der Waals surface area contributed by atoms with Crippen LogP contribution in [0.2, 0.25) is 0 Å². The number of nitrogens with one attached hydrogen (secondary N) is 1. The molecule has 0 saturated heterocycles. The molecule has 0 spiro atoms. The summed E-state index contributed by atoms with van der Waals surface area (Å²) in [5, 5.41) is 11.4. The van der Waals surface area contributed by atoms with Gasteiger partial charge in [-0.3, -0.25) is 4.79 Å². The van der Waals surface area contributed by atoms with E-state index in [-0.39, 0.29) is 15.9 Å². The zero-order chi connectivity index (χ0) is 10.6. The summed E-state index contributed by atoms with van der Waals surface area (Å²) >= 11 is 0. The molecule has 0 heterocycles. The van der Waals surface area contributed by atoms with Crippen molar-refractivity contribution in [2.45, 2.75) is 33.1 Å². The topological polar surface area (TPSA) is 44.6 Å². The van der Waals surface area contributed by atoms with Crippen LogP contribution in [0.1, 0.15) is 33.1 Å². The second kappa shape index (κ2) is 2.80. The zero-order valence-electron chi connectivity index (χ0n) is 9.22. The molecule has 2 bridgehead atoms. The second-order valence-electron chi connectivity index (χ2n) is 5.55. The Kier molecular flexibility index (Phi) is 2.02. The highest BCUT2D eigenvalue weighted by Gasteiger charge is 2.65. The van der Waals surface area contributed by atoms with E-state index in [4.69, 9.17) is 0 Å². The number of carbonyl (C=O) groups excluding carboxylic acids is 1. The highest BCUT2D eigenvalue weighted by molar-refractivity contribution is 5.89. The maximum Gasteiger partial charge on any atom is 0.145 e. The Hall–Kier alpha value is -0.410. The van der Waals surface area contributed by atoms with Crippen molar-refractivity contribution in [3.8, 4) is 0 Å². The van der Waals surface area contributed by atoms with Crippen LogP contribution in [0, 0.1) is 22.0 Å². The van der Waals surface area contributed by atoms with Gasteiger partial charge in [0, 0.05) is 6.42 Å². The van der Waals surface area contributed by atoms with Crippen molar-refractivity contribution >= 4 is 5.78 Å². The average molecular weight is 197 g/mol. The van der Waals surface area contributed by atoms with Crippen LogP contribution in [0.25, 0.3) is 0 Å². The first-order valence-corrected chi connectivity index (χ1v) is 5.43. The Morgan fingerprint density at radius 2 is 2.21 bits per heavy atom. The minimum Gasteiger partial charge on any atom is -0.634 e. The van der Waals surface area contributed by atoms with E-state index >= 15 is 0 Å². The smallest absolute Gasteiger partial charge is 0.145 e. The van der Waals surface area contributed by atoms with Crippen LogP contribution in [-0.4, -0.2) is 19.4 Å². The van der Waals surface area contributed by atoms with Crippen LogP contribution in [0.5, 0.6) is 0 Å². The van der Waals surface area contributed by atoms with Gasteiger partial charge in [-0.2, -0.15) is 0 Å². The van der Waals surface area contributed by atoms with Crippen molar-refractivity contribution in [1.82, 2.24) is 0 Å². The lowest BCUT2D eigenvalue weighted by Crippen LogP contribution is -3.06. The number of hydrogen-bond donors (Lipinski definition) is 1. The molecule has 3 heteroatoms. The highest BCUT2D eigenvalue weighted by Crippen LogP contribution is 2.63. The molecule has 0 aromatic heterocycles. The summed E-state index contributed by atoms with van der Waals surface area (Å²) < 4.78 is 0. The molecule has 1 N–H and O–H groups in total. The third kappa shape index (κ3) is 1.03. The Morgan fingerprint density at radius 3 is 2.57 bits per heavy atom. The van der Waals surface area contributed by atoms with Gasteiger partial charge in [-0.05, 0) is 24.2 Å². The summed E-state index contributed by atoms with van der Waals surface area (Å²) in [7, 11) is 1.60. The van der Waals surface area contributed by atoms with Crippen molar-refractivity contribution in [2.75, 3.05) is 13.6 Å². The van der Waals surface area contributed by atoms with Gasteiger partial charge >= 0.3 is 0 Å². The number of fused-ring (bicyclic) bond motifs is 2. The normalized spacial score (nSPS) is 41.7. The van der Waals surface area contributed by atoms with Crippen LogP contribution in [0.15, 0.2) is 0 Å². The van der Waals surface area contributed by atoms with E-state index in [1.165, 1.54) is 0 Å². The number of quaternary nitrogens is 1. The van der Waals surface area contributed by atoms with Crippen LogP contribution in [0.4, 0.5) is 0 Å². The van der Waals surface area contributed by atoms with Crippen LogP contribution >= 0.6 is 0 Å². The van der Waals surface area contributed by atoms with E-state index in [2.05, 4.69) is 13.8 Å². The summed E-state index contributed by atoms with van der Waals surface area (Å²) in [6.45, 7) is 4.80. The molecule has 0 aromatic carbocycles. The van der Waals surface area contributed by atoms with E-state index in [1.54, 1.807) is 7.05 Å². The lowest BCUT2D eigenvalue weighted by molar-refractivity contribution is -0.833. The summed E-state index contributed by atoms with van der Waals surface area (Å²) in [6, 6.07) is 0. The fourth-order valence-corrected chi connectivity index (χ4v) is 3.61. The van der Waals surface area contributed by atoms with E-state index in [9.17, 15) is 10.0 Å². The van der Waals surface area contributed by atoms with Crippen LogP contribution in [-0.2, 0) is 4.79 Å². The molecule has 3 unspecified atom stereocenters. The molecular weight excluding hydrogens is 178 g/mol. The van der Waals surface area contributed by atoms with Crippen molar-refractivity contribution in [2.24, 2.45) is 16.7 Å². The average Bonchev–Trinajstić information content (AvgIpc) is 2.36. The van der Waals surface area contributed by atoms with Gasteiger partial charge < -0.3 is 10.3 Å². The van der Waals surface area contributed by atoms with Crippen molar-refractivity contribution in [3.05, 3.63) is 5.21 Å². The first kappa shape index (κ1) is 10.1. The Labute approximate surface area is 85.0 Å². The minimum absolute atomic E-state index is 0.0513. The number of hydrogen-bond acceptors (Lipinski definition) is 2. The number of carbonyl (C=O) groups is 1. The summed E-state index contributed by atoms with van der Waals surface area (Å²) in [5.74, 6) is 0.864. The molecule has 14 heavy (non-hydrogen) atoms. The SMILES string of the molecule is C[NH+]([O-])CC12CCC(CC1=O)C2(C)C. The van der Waals surface area contributed by atoms with Gasteiger partial charge in [0.1, 0.15) is 5.78 Å². The van der Waals surface area contributed by atoms with E-state index in [0.717, 1.165) is 12.8 Å². The third-order valence-corrected chi connectivity index (χ3v) is 4.69. The fourth-order valence-electron chi connectivity index (χ4n) is 3.61. The molecule has 2 saturated carbocycles. The van der Waals surface area contributed by atoms with Gasteiger partial charge in [0.25, 0.3) is 0 Å². The molecule has 0 aromatic rings. The van der Waals surface area contributed by atoms with Crippen molar-refractivity contribution in [3.63, 3.8) is 0 Å². The molecule has 2 aliphatic carbocycles. The van der Waals surface area contributed by atoms with Gasteiger partial charge in [0.15, 0.2) is 0 Å². The van der Waals surface area contributed by atoms with Gasteiger partial charge in [-0.1, -0.05) is 13.8 Å². The molecule has 3 nitrogen and oxygen atoms in total. The highest BCUT2D eigenvalue weighted by atomic mass is 16.5. The lowest BCUT2D eigenvalue weighted by Gasteiger charge is -2.38. The molecule has 2 rings (SSSR count). The molecule has 2 fully saturated rings. The Bertz CT molecular complexity index is 272. The molecule has 3 atom stereocenters. The Balaban J connectivity index is 2.34. The molecule has 0 amide bonds. The van der Waals surface area contributed by atoms with Gasteiger partial charge in [-0.15, -0.1) is 0 Å². The largest absolute Gasteiger partial charge is 0.634 e. The molecular formula is C11H19NO2. The summed E-state index contributed by atoms with van der Waals surface area (Å²) in [5.41, 5.74) is -0.251. The van der Waals surface area contributed by atoms with Crippen LogP contribution in [0.3, 0.4) is 0 Å². The van der Waals surface area contributed by atoms with Crippen LogP contribution < -0.4 is 5.06 Å². The predicted molar refractivity (Wildman–Crippen MR) is 53.7 cm³/mol. The minimum atomic E-state index is -0.302. The number of hydroxylamine groups is 2. The van der Waals surface area contributed by atoms with Crippen molar-refractivity contribution in [1.29, 1.82) is 0 Å². The predicted octanol–water partition coefficient (Wildman–Crippen LogP) is 0.394. The fraction of sp³-hybridized carbons (Fsp3) is 0.909. The number of rotatable bonds is 2. The standard InChI is InChI=1S/C11H19NO2/c1-10(2)8-4-5-11(10,7-12(3)14)9(13)6-8/h8,12H,4-7H2,1-3H3. The number of Topliss-reactive ketones (excluding diaryl/α,β-unsaturated/α-hetero) is 1. The maximum absolute atomic E-state index is 12.0. The van der Waals surface area contributed by atoms with E-state index < -0.39 is 0 Å². The third-order valence-electron chi connectivity index (χ3n) is 4.69. The number of ketones is 1. The maximum atomic E-state index is 12.0. The summed E-state index contributed by atoms with van der Waals surface area (Å²) in [4.78, 5) is 12.0. The van der Waals surface area contributed by atoms with Gasteiger partial charge in [0.05, 0.1) is 19.0 Å². The zero-order valence-corrected chi connectivity index (χ0v) is 9.22. The van der Waals surface area contributed by atoms with E-state index in [0.29, 0.717) is 24.7 Å². The first-order valence-electron chi connectivity index (χ1n) is 5.43. The van der Waals surface area contributed by atoms with E-state index in [1.807, 2.05) is 0 Å². The van der Waals surface area contributed by atoms with Gasteiger partial charge in [0.2, 0.25) is 0 Å². The van der Waals surface area contributed by atoms with Crippen molar-refractivity contribution < 1.29 is 9.86 Å². The molecule has 0 aliphatic heterocycles. The molecule has 0 radical (unpaired) electrons. The first-order chi connectivity index (χ1) is 6.40. The summed E-state index contributed by atoms with van der Waals surface area (Å²) in [6.07, 6.45) is 2.77. The molecule has 2 aliphatic rings. The quantitative estimate of drug-likeness (QED) is 0.651. The monoisotopic (exact) mass is 197 g/mol. The Morgan fingerprint density at radius 1 is 1.57 bits per heavy atom. The molecule has 80 valence electrons. The lowest BCUT2D eigenvalue weighted by atomic mass is 9.69. The second-order valence-corrected chi connectivity index (χ2v) is 5.55. The van der Waals surface area contributed by atoms with Gasteiger partial charge in [-0.25, -0.2) is 0 Å².